The van der Waals surface area contributed by atoms with Crippen LogP contribution in [-0.2, 0) is 0 Å². The highest BCUT2D eigenvalue weighted by Crippen LogP contribution is 2.25. The zero-order chi connectivity index (χ0) is 18.5. The molecule has 1 saturated heterocycles. The fraction of sp³-hybridized carbons (Fsp3) is 0.400. The number of para-hydroxylation sites is 1. The minimum atomic E-state index is -0.173. The lowest BCUT2D eigenvalue weighted by Gasteiger charge is -2.35. The van der Waals surface area contributed by atoms with E-state index in [0.717, 1.165) is 37.2 Å². The lowest BCUT2D eigenvalue weighted by molar-refractivity contribution is 0.0802. The van der Waals surface area contributed by atoms with Crippen LogP contribution in [0.1, 0.15) is 40.7 Å². The van der Waals surface area contributed by atoms with Gasteiger partial charge in [-0.2, -0.15) is 0 Å². The molecule has 6 heteroatoms. The first-order valence-electron chi connectivity index (χ1n) is 9.04. The number of amides is 2. The molecule has 138 valence electrons. The normalized spacial score (nSPS) is 14.9. The van der Waals surface area contributed by atoms with Crippen molar-refractivity contribution < 1.29 is 14.0 Å². The van der Waals surface area contributed by atoms with Gasteiger partial charge in [0.2, 0.25) is 0 Å². The Kier molecular flexibility index (Phi) is 5.61. The van der Waals surface area contributed by atoms with Crippen LogP contribution >= 0.6 is 0 Å². The molecule has 1 aliphatic heterocycles. The number of benzene rings is 1. The van der Waals surface area contributed by atoms with E-state index in [4.69, 9.17) is 4.42 Å². The van der Waals surface area contributed by atoms with Crippen LogP contribution in [0.25, 0.3) is 0 Å². The smallest absolute Gasteiger partial charge is 0.287 e. The number of nitrogens with one attached hydrogen (secondary N) is 1. The Labute approximate surface area is 153 Å². The first-order valence-corrected chi connectivity index (χ1v) is 9.04. The highest BCUT2D eigenvalue weighted by Gasteiger charge is 2.25. The van der Waals surface area contributed by atoms with Crippen LogP contribution in [0, 0.1) is 0 Å². The van der Waals surface area contributed by atoms with Crippen LogP contribution < -0.4 is 10.2 Å². The number of carbonyl (C=O) groups excluding carboxylic acids is 2. The molecule has 2 aromatic rings. The highest BCUT2D eigenvalue weighted by atomic mass is 16.3. The van der Waals surface area contributed by atoms with Crippen molar-refractivity contribution >= 4 is 17.5 Å². The second kappa shape index (κ2) is 8.08. The maximum Gasteiger partial charge on any atom is 0.287 e. The molecule has 1 aliphatic rings. The van der Waals surface area contributed by atoms with Gasteiger partial charge in [0.25, 0.3) is 11.8 Å². The Morgan fingerprint density at radius 1 is 1.19 bits per heavy atom. The first kappa shape index (κ1) is 18.0. The van der Waals surface area contributed by atoms with Crippen molar-refractivity contribution in [3.63, 3.8) is 0 Å². The van der Waals surface area contributed by atoms with Crippen molar-refractivity contribution in [2.45, 2.75) is 25.8 Å². The molecular weight excluding hydrogens is 330 g/mol. The maximum absolute atomic E-state index is 12.6. The topological polar surface area (TPSA) is 65.8 Å². The van der Waals surface area contributed by atoms with Gasteiger partial charge >= 0.3 is 0 Å². The van der Waals surface area contributed by atoms with E-state index in [9.17, 15) is 9.59 Å². The molecule has 0 atom stereocenters. The molecule has 0 saturated carbocycles. The fourth-order valence-corrected chi connectivity index (χ4v) is 3.21. The molecular formula is C20H25N3O3. The molecule has 0 unspecified atom stereocenters. The van der Waals surface area contributed by atoms with Gasteiger partial charge in [-0.1, -0.05) is 12.1 Å². The zero-order valence-corrected chi connectivity index (χ0v) is 15.3. The van der Waals surface area contributed by atoms with E-state index in [0.29, 0.717) is 12.3 Å². The number of rotatable bonds is 5. The summed E-state index contributed by atoms with van der Waals surface area (Å²) in [5, 5.41) is 3.02. The van der Waals surface area contributed by atoms with E-state index < -0.39 is 0 Å². The third kappa shape index (κ3) is 3.90. The zero-order valence-electron chi connectivity index (χ0n) is 15.3. The van der Waals surface area contributed by atoms with Gasteiger partial charge in [0.1, 0.15) is 0 Å². The van der Waals surface area contributed by atoms with Crippen LogP contribution in [0.3, 0.4) is 0 Å². The molecule has 2 amide bonds. The number of hydrogen-bond donors (Lipinski definition) is 1. The number of hydrogen-bond acceptors (Lipinski definition) is 4. The van der Waals surface area contributed by atoms with Crippen molar-refractivity contribution in [2.75, 3.05) is 31.6 Å². The predicted octanol–water partition coefficient (Wildman–Crippen LogP) is 2.77. The molecule has 0 spiro atoms. The van der Waals surface area contributed by atoms with Crippen molar-refractivity contribution in [3.05, 3.63) is 54.0 Å². The van der Waals surface area contributed by atoms with E-state index in [2.05, 4.69) is 10.2 Å². The van der Waals surface area contributed by atoms with Crippen molar-refractivity contribution in [1.29, 1.82) is 0 Å². The van der Waals surface area contributed by atoms with E-state index in [1.165, 1.54) is 6.26 Å². The maximum atomic E-state index is 12.6. The third-order valence-corrected chi connectivity index (χ3v) is 4.87. The molecule has 3 rings (SSSR count). The molecule has 1 aromatic heterocycles. The van der Waals surface area contributed by atoms with Gasteiger partial charge in [-0.3, -0.25) is 9.59 Å². The second-order valence-corrected chi connectivity index (χ2v) is 6.55. The second-order valence-electron chi connectivity index (χ2n) is 6.55. The summed E-state index contributed by atoms with van der Waals surface area (Å²) in [6.07, 6.45) is 3.16. The largest absolute Gasteiger partial charge is 0.459 e. The van der Waals surface area contributed by atoms with Crippen LogP contribution in [0.4, 0.5) is 5.69 Å². The minimum Gasteiger partial charge on any atom is -0.459 e. The van der Waals surface area contributed by atoms with Crippen LogP contribution in [0.5, 0.6) is 0 Å². The fourth-order valence-electron chi connectivity index (χ4n) is 3.21. The lowest BCUT2D eigenvalue weighted by atomic mass is 10.0. The van der Waals surface area contributed by atoms with Gasteiger partial charge in [0.05, 0.1) is 11.8 Å². The van der Waals surface area contributed by atoms with Gasteiger partial charge in [-0.25, -0.2) is 0 Å². The van der Waals surface area contributed by atoms with Gasteiger partial charge in [-0.15, -0.1) is 0 Å². The summed E-state index contributed by atoms with van der Waals surface area (Å²) in [5.41, 5.74) is 1.70. The SMILES string of the molecule is CCN(C)C(=O)c1ccccc1N1CCC(NC(=O)c2ccco2)CC1. The molecule has 1 N–H and O–H groups in total. The molecule has 0 aliphatic carbocycles. The quantitative estimate of drug-likeness (QED) is 0.896. The van der Waals surface area contributed by atoms with Gasteiger partial charge in [0, 0.05) is 38.4 Å². The van der Waals surface area contributed by atoms with Crippen LogP contribution in [-0.4, -0.2) is 49.4 Å². The number of anilines is 1. The van der Waals surface area contributed by atoms with Gasteiger partial charge in [-0.05, 0) is 44.0 Å². The molecule has 26 heavy (non-hydrogen) atoms. The summed E-state index contributed by atoms with van der Waals surface area (Å²) < 4.78 is 5.14. The predicted molar refractivity (Wildman–Crippen MR) is 100 cm³/mol. The summed E-state index contributed by atoms with van der Waals surface area (Å²) in [4.78, 5) is 28.7. The molecule has 1 aromatic carbocycles. The molecule has 0 radical (unpaired) electrons. The Bertz CT molecular complexity index is 749. The Morgan fingerprint density at radius 3 is 2.58 bits per heavy atom. The Hall–Kier alpha value is -2.76. The monoisotopic (exact) mass is 355 g/mol. The van der Waals surface area contributed by atoms with E-state index >= 15 is 0 Å². The van der Waals surface area contributed by atoms with E-state index in [1.54, 1.807) is 17.0 Å². The number of carbonyl (C=O) groups is 2. The molecule has 1 fully saturated rings. The summed E-state index contributed by atoms with van der Waals surface area (Å²) >= 11 is 0. The molecule has 2 heterocycles. The van der Waals surface area contributed by atoms with E-state index in [1.807, 2.05) is 38.2 Å². The summed E-state index contributed by atoms with van der Waals surface area (Å²) in [7, 11) is 1.81. The number of piperidine rings is 1. The average molecular weight is 355 g/mol. The van der Waals surface area contributed by atoms with Gasteiger partial charge < -0.3 is 19.5 Å². The summed E-state index contributed by atoms with van der Waals surface area (Å²) in [6.45, 7) is 4.23. The van der Waals surface area contributed by atoms with Crippen molar-refractivity contribution in [2.24, 2.45) is 0 Å². The van der Waals surface area contributed by atoms with E-state index in [-0.39, 0.29) is 17.9 Å². The van der Waals surface area contributed by atoms with Gasteiger partial charge in [0.15, 0.2) is 5.76 Å². The van der Waals surface area contributed by atoms with Crippen molar-refractivity contribution in [1.82, 2.24) is 10.2 Å². The van der Waals surface area contributed by atoms with Crippen LogP contribution in [0.2, 0.25) is 0 Å². The lowest BCUT2D eigenvalue weighted by Crippen LogP contribution is -2.45. The average Bonchev–Trinajstić information content (AvgIpc) is 3.22. The molecule has 0 bridgehead atoms. The summed E-state index contributed by atoms with van der Waals surface area (Å²) in [5.74, 6) is 0.205. The number of furan rings is 1. The minimum absolute atomic E-state index is 0.0383. The third-order valence-electron chi connectivity index (χ3n) is 4.87. The Balaban J connectivity index is 1.63. The molecule has 6 nitrogen and oxygen atoms in total. The first-order chi connectivity index (χ1) is 12.6. The van der Waals surface area contributed by atoms with Crippen molar-refractivity contribution in [3.8, 4) is 0 Å². The standard InChI is InChI=1S/C20H25N3O3/c1-3-22(2)20(25)16-7-4-5-8-17(16)23-12-10-15(11-13-23)21-19(24)18-9-6-14-26-18/h4-9,14-15H,3,10-13H2,1-2H3,(H,21,24). The Morgan fingerprint density at radius 2 is 1.92 bits per heavy atom. The number of nitrogens with zero attached hydrogens (tertiary/aromatic N) is 2. The summed E-state index contributed by atoms with van der Waals surface area (Å²) in [6, 6.07) is 11.2. The highest BCUT2D eigenvalue weighted by molar-refractivity contribution is 5.99. The van der Waals surface area contributed by atoms with Crippen LogP contribution in [0.15, 0.2) is 47.1 Å².